The standard InChI is InChI=1S/C19H16N2O5/c22-18-9-2-1-5-15(18)12-20(13-17-8-4-10-26-17)19(23)14-6-3-7-16(11-14)21(24)25/h1-11,22H,12-13H2. The van der Waals surface area contributed by atoms with Gasteiger partial charge in [-0.1, -0.05) is 24.3 Å². The molecule has 0 unspecified atom stereocenters. The molecule has 7 heteroatoms. The van der Waals surface area contributed by atoms with Crippen molar-refractivity contribution < 1.29 is 19.2 Å². The van der Waals surface area contributed by atoms with Gasteiger partial charge < -0.3 is 14.4 Å². The molecule has 0 aliphatic rings. The van der Waals surface area contributed by atoms with Crippen molar-refractivity contribution in [1.29, 1.82) is 0 Å². The van der Waals surface area contributed by atoms with Gasteiger partial charge in [0.25, 0.3) is 11.6 Å². The summed E-state index contributed by atoms with van der Waals surface area (Å²) in [6, 6.07) is 15.7. The number of phenols is 1. The lowest BCUT2D eigenvalue weighted by Crippen LogP contribution is -2.30. The molecule has 1 amide bonds. The van der Waals surface area contributed by atoms with Crippen LogP contribution in [-0.2, 0) is 13.1 Å². The maximum absolute atomic E-state index is 12.9. The molecular weight excluding hydrogens is 336 g/mol. The number of para-hydroxylation sites is 1. The summed E-state index contributed by atoms with van der Waals surface area (Å²) in [5, 5.41) is 21.0. The molecule has 2 aromatic carbocycles. The summed E-state index contributed by atoms with van der Waals surface area (Å²) in [7, 11) is 0. The third kappa shape index (κ3) is 3.89. The third-order valence-corrected chi connectivity index (χ3v) is 3.87. The van der Waals surface area contributed by atoms with E-state index in [0.717, 1.165) is 0 Å². The fourth-order valence-corrected chi connectivity index (χ4v) is 2.58. The molecule has 0 atom stereocenters. The summed E-state index contributed by atoms with van der Waals surface area (Å²) in [6.07, 6.45) is 1.51. The first-order valence-corrected chi connectivity index (χ1v) is 7.87. The monoisotopic (exact) mass is 352 g/mol. The number of rotatable bonds is 6. The first-order chi connectivity index (χ1) is 12.5. The number of furan rings is 1. The quantitative estimate of drug-likeness (QED) is 0.538. The van der Waals surface area contributed by atoms with Crippen molar-refractivity contribution in [1.82, 2.24) is 4.90 Å². The van der Waals surface area contributed by atoms with E-state index in [9.17, 15) is 20.0 Å². The highest BCUT2D eigenvalue weighted by molar-refractivity contribution is 5.94. The van der Waals surface area contributed by atoms with E-state index < -0.39 is 10.8 Å². The van der Waals surface area contributed by atoms with Crippen LogP contribution in [-0.4, -0.2) is 20.8 Å². The van der Waals surface area contributed by atoms with Crippen molar-refractivity contribution in [2.75, 3.05) is 0 Å². The summed E-state index contributed by atoms with van der Waals surface area (Å²) in [6.45, 7) is 0.303. The number of amides is 1. The Balaban J connectivity index is 1.91. The second-order valence-electron chi connectivity index (χ2n) is 5.68. The molecule has 0 spiro atoms. The zero-order chi connectivity index (χ0) is 18.5. The summed E-state index contributed by atoms with van der Waals surface area (Å²) in [5.74, 6) is 0.247. The van der Waals surface area contributed by atoms with E-state index >= 15 is 0 Å². The normalized spacial score (nSPS) is 10.5. The lowest BCUT2D eigenvalue weighted by atomic mass is 10.1. The lowest BCUT2D eigenvalue weighted by molar-refractivity contribution is -0.384. The Morgan fingerprint density at radius 3 is 2.58 bits per heavy atom. The number of hydrogen-bond acceptors (Lipinski definition) is 5. The molecule has 1 heterocycles. The van der Waals surface area contributed by atoms with Gasteiger partial charge in [0, 0.05) is 23.3 Å². The first kappa shape index (κ1) is 17.2. The minimum Gasteiger partial charge on any atom is -0.508 e. The van der Waals surface area contributed by atoms with Gasteiger partial charge in [-0.25, -0.2) is 0 Å². The van der Waals surface area contributed by atoms with E-state index in [4.69, 9.17) is 4.42 Å². The highest BCUT2D eigenvalue weighted by atomic mass is 16.6. The Labute approximate surface area is 149 Å². The van der Waals surface area contributed by atoms with Gasteiger partial charge in [-0.15, -0.1) is 0 Å². The Morgan fingerprint density at radius 1 is 1.08 bits per heavy atom. The van der Waals surface area contributed by atoms with E-state index in [1.54, 1.807) is 30.3 Å². The van der Waals surface area contributed by atoms with Crippen molar-refractivity contribution in [3.8, 4) is 5.75 Å². The number of nitro groups is 1. The Hall–Kier alpha value is -3.61. The van der Waals surface area contributed by atoms with Crippen molar-refractivity contribution in [3.05, 3.63) is 93.9 Å². The van der Waals surface area contributed by atoms with Gasteiger partial charge in [0.15, 0.2) is 0 Å². The van der Waals surface area contributed by atoms with Gasteiger partial charge in [0.1, 0.15) is 11.5 Å². The number of carbonyl (C=O) groups is 1. The second-order valence-corrected chi connectivity index (χ2v) is 5.68. The molecular formula is C19H16N2O5. The van der Waals surface area contributed by atoms with E-state index in [1.165, 1.54) is 41.5 Å². The topological polar surface area (TPSA) is 96.8 Å². The molecule has 0 saturated heterocycles. The van der Waals surface area contributed by atoms with Gasteiger partial charge in [0.2, 0.25) is 0 Å². The van der Waals surface area contributed by atoms with Crippen molar-refractivity contribution >= 4 is 11.6 Å². The molecule has 0 fully saturated rings. The van der Waals surface area contributed by atoms with Crippen LogP contribution in [0, 0.1) is 10.1 Å². The van der Waals surface area contributed by atoms with Gasteiger partial charge >= 0.3 is 0 Å². The molecule has 132 valence electrons. The fourth-order valence-electron chi connectivity index (χ4n) is 2.58. The Bertz CT molecular complexity index is 921. The number of phenolic OH excluding ortho intramolecular Hbond substituents is 1. The maximum atomic E-state index is 12.9. The number of nitro benzene ring substituents is 1. The van der Waals surface area contributed by atoms with Crippen LogP contribution in [0.1, 0.15) is 21.7 Å². The predicted molar refractivity (Wildman–Crippen MR) is 93.5 cm³/mol. The molecule has 0 bridgehead atoms. The molecule has 7 nitrogen and oxygen atoms in total. The van der Waals surface area contributed by atoms with Crippen LogP contribution in [0.4, 0.5) is 5.69 Å². The summed E-state index contributed by atoms with van der Waals surface area (Å²) >= 11 is 0. The average Bonchev–Trinajstić information content (AvgIpc) is 3.15. The number of aromatic hydroxyl groups is 1. The minimum absolute atomic E-state index is 0.0730. The molecule has 1 N–H and O–H groups in total. The highest BCUT2D eigenvalue weighted by Gasteiger charge is 2.20. The summed E-state index contributed by atoms with van der Waals surface area (Å²) in [5.41, 5.74) is 0.607. The van der Waals surface area contributed by atoms with Crippen LogP contribution >= 0.6 is 0 Å². The molecule has 1 aromatic heterocycles. The van der Waals surface area contributed by atoms with Gasteiger partial charge in [-0.05, 0) is 24.3 Å². The molecule has 0 radical (unpaired) electrons. The number of hydrogen-bond donors (Lipinski definition) is 1. The highest BCUT2D eigenvalue weighted by Crippen LogP contribution is 2.22. The van der Waals surface area contributed by atoms with Crippen LogP contribution < -0.4 is 0 Å². The Morgan fingerprint density at radius 2 is 1.88 bits per heavy atom. The molecule has 3 aromatic rings. The van der Waals surface area contributed by atoms with E-state index in [2.05, 4.69) is 0 Å². The van der Waals surface area contributed by atoms with Gasteiger partial charge in [-0.2, -0.15) is 0 Å². The van der Waals surface area contributed by atoms with Gasteiger partial charge in [-0.3, -0.25) is 14.9 Å². The van der Waals surface area contributed by atoms with Crippen molar-refractivity contribution in [2.24, 2.45) is 0 Å². The average molecular weight is 352 g/mol. The number of non-ortho nitro benzene ring substituents is 1. The van der Waals surface area contributed by atoms with Crippen molar-refractivity contribution in [3.63, 3.8) is 0 Å². The van der Waals surface area contributed by atoms with Crippen LogP contribution in [0.15, 0.2) is 71.3 Å². The minimum atomic E-state index is -0.545. The van der Waals surface area contributed by atoms with E-state index in [0.29, 0.717) is 11.3 Å². The van der Waals surface area contributed by atoms with Crippen LogP contribution in [0.2, 0.25) is 0 Å². The third-order valence-electron chi connectivity index (χ3n) is 3.87. The number of nitrogens with zero attached hydrogens (tertiary/aromatic N) is 2. The zero-order valence-electron chi connectivity index (χ0n) is 13.7. The lowest BCUT2D eigenvalue weighted by Gasteiger charge is -2.22. The molecule has 3 rings (SSSR count). The molecule has 0 aliphatic heterocycles. The molecule has 0 saturated carbocycles. The molecule has 0 aliphatic carbocycles. The molecule has 26 heavy (non-hydrogen) atoms. The van der Waals surface area contributed by atoms with Crippen molar-refractivity contribution in [2.45, 2.75) is 13.1 Å². The second kappa shape index (κ2) is 7.52. The SMILES string of the molecule is O=C(c1cccc([N+](=O)[O-])c1)N(Cc1ccco1)Cc1ccccc1O. The van der Waals surface area contributed by atoms with Gasteiger partial charge in [0.05, 0.1) is 24.3 Å². The summed E-state index contributed by atoms with van der Waals surface area (Å²) in [4.78, 5) is 24.8. The number of benzene rings is 2. The maximum Gasteiger partial charge on any atom is 0.270 e. The van der Waals surface area contributed by atoms with Crippen LogP contribution in [0.25, 0.3) is 0 Å². The van der Waals surface area contributed by atoms with Crippen LogP contribution in [0.5, 0.6) is 5.75 Å². The van der Waals surface area contributed by atoms with E-state index in [-0.39, 0.29) is 30.1 Å². The fraction of sp³-hybridized carbons (Fsp3) is 0.105. The first-order valence-electron chi connectivity index (χ1n) is 7.87. The zero-order valence-corrected chi connectivity index (χ0v) is 13.7. The number of carbonyl (C=O) groups excluding carboxylic acids is 1. The predicted octanol–water partition coefficient (Wildman–Crippen LogP) is 3.74. The largest absolute Gasteiger partial charge is 0.508 e. The van der Waals surface area contributed by atoms with E-state index in [1.807, 2.05) is 0 Å². The Kier molecular flexibility index (Phi) is 4.98. The van der Waals surface area contributed by atoms with Crippen LogP contribution in [0.3, 0.4) is 0 Å². The smallest absolute Gasteiger partial charge is 0.270 e. The summed E-state index contributed by atoms with van der Waals surface area (Å²) < 4.78 is 5.32.